The van der Waals surface area contributed by atoms with Crippen LogP contribution in [0.5, 0.6) is 0 Å². The maximum atomic E-state index is 11.8. The van der Waals surface area contributed by atoms with Gasteiger partial charge >= 0.3 is 0 Å². The number of nitrogens with one attached hydrogen (secondary N) is 1. The number of carbonyl (C=O) groups excluding carboxylic acids is 1. The Balaban J connectivity index is 2.00. The number of hydrogen-bond donors (Lipinski definition) is 1. The highest BCUT2D eigenvalue weighted by Gasteiger charge is 2.13. The standard InChI is InChI=1S/C12H10BrIN4O/c1-18-7-10(14)11(17-18)12(19)16-15-6-8-2-4-9(13)5-3-8/h2-7H,1H3,(H,16,19). The van der Waals surface area contributed by atoms with Crippen molar-refractivity contribution in [2.45, 2.75) is 0 Å². The molecule has 1 aromatic carbocycles. The van der Waals surface area contributed by atoms with Crippen LogP contribution in [0, 0.1) is 3.57 Å². The van der Waals surface area contributed by atoms with E-state index in [4.69, 9.17) is 0 Å². The molecule has 0 saturated carbocycles. The van der Waals surface area contributed by atoms with E-state index in [2.05, 4.69) is 54.1 Å². The van der Waals surface area contributed by atoms with Crippen molar-refractivity contribution in [3.8, 4) is 0 Å². The van der Waals surface area contributed by atoms with Crippen LogP contribution in [-0.2, 0) is 7.05 Å². The molecule has 1 amide bonds. The van der Waals surface area contributed by atoms with Crippen LogP contribution in [0.4, 0.5) is 0 Å². The third-order valence-corrected chi connectivity index (χ3v) is 3.57. The number of halogens is 2. The van der Waals surface area contributed by atoms with Crippen LogP contribution in [0.25, 0.3) is 0 Å². The number of rotatable bonds is 3. The Bertz CT molecular complexity index is 621. The van der Waals surface area contributed by atoms with Crippen molar-refractivity contribution in [2.75, 3.05) is 0 Å². The first-order valence-electron chi connectivity index (χ1n) is 5.34. The van der Waals surface area contributed by atoms with Gasteiger partial charge in [0.25, 0.3) is 5.91 Å². The first-order chi connectivity index (χ1) is 9.06. The van der Waals surface area contributed by atoms with E-state index in [1.54, 1.807) is 24.1 Å². The van der Waals surface area contributed by atoms with E-state index in [1.807, 2.05) is 24.3 Å². The Morgan fingerprint density at radius 3 is 2.74 bits per heavy atom. The molecule has 0 fully saturated rings. The summed E-state index contributed by atoms with van der Waals surface area (Å²) in [5.41, 5.74) is 3.73. The number of hydrogen-bond acceptors (Lipinski definition) is 3. The molecule has 2 rings (SSSR count). The molecule has 0 atom stereocenters. The fourth-order valence-corrected chi connectivity index (χ4v) is 2.40. The molecule has 0 aliphatic heterocycles. The first kappa shape index (κ1) is 14.2. The Morgan fingerprint density at radius 1 is 1.47 bits per heavy atom. The number of amides is 1. The van der Waals surface area contributed by atoms with Gasteiger partial charge in [0.15, 0.2) is 5.69 Å². The molecular weight excluding hydrogens is 423 g/mol. The Kier molecular flexibility index (Phi) is 4.70. The van der Waals surface area contributed by atoms with Gasteiger partial charge in [-0.05, 0) is 40.3 Å². The van der Waals surface area contributed by atoms with Crippen molar-refractivity contribution in [1.82, 2.24) is 15.2 Å². The molecule has 1 N–H and O–H groups in total. The van der Waals surface area contributed by atoms with E-state index in [1.165, 1.54) is 0 Å². The van der Waals surface area contributed by atoms with Gasteiger partial charge in [-0.15, -0.1) is 0 Å². The van der Waals surface area contributed by atoms with Crippen molar-refractivity contribution in [2.24, 2.45) is 12.1 Å². The fourth-order valence-electron chi connectivity index (χ4n) is 1.38. The van der Waals surface area contributed by atoms with Gasteiger partial charge in [-0.2, -0.15) is 10.2 Å². The lowest BCUT2D eigenvalue weighted by atomic mass is 10.2. The molecule has 0 radical (unpaired) electrons. The summed E-state index contributed by atoms with van der Waals surface area (Å²) in [7, 11) is 1.77. The largest absolute Gasteiger partial charge is 0.292 e. The van der Waals surface area contributed by atoms with Crippen LogP contribution >= 0.6 is 38.5 Å². The molecule has 0 bridgehead atoms. The van der Waals surface area contributed by atoms with E-state index >= 15 is 0 Å². The molecular formula is C12H10BrIN4O. The Labute approximate surface area is 132 Å². The van der Waals surface area contributed by atoms with Crippen molar-refractivity contribution in [3.05, 3.63) is 49.8 Å². The van der Waals surface area contributed by atoms with E-state index < -0.39 is 0 Å². The zero-order chi connectivity index (χ0) is 13.8. The Hall–Kier alpha value is -1.22. The van der Waals surface area contributed by atoms with Crippen LogP contribution in [0.15, 0.2) is 40.0 Å². The minimum Gasteiger partial charge on any atom is -0.274 e. The van der Waals surface area contributed by atoms with Gasteiger partial charge in [0, 0.05) is 17.7 Å². The number of hydrazone groups is 1. The molecule has 0 aliphatic carbocycles. The third kappa shape index (κ3) is 3.87. The predicted molar refractivity (Wildman–Crippen MR) is 85.1 cm³/mol. The lowest BCUT2D eigenvalue weighted by Crippen LogP contribution is -2.19. The average molecular weight is 433 g/mol. The third-order valence-electron chi connectivity index (χ3n) is 2.25. The number of carbonyl (C=O) groups is 1. The molecule has 98 valence electrons. The van der Waals surface area contributed by atoms with Gasteiger partial charge in [-0.25, -0.2) is 5.43 Å². The molecule has 1 heterocycles. The van der Waals surface area contributed by atoms with Crippen molar-refractivity contribution in [1.29, 1.82) is 0 Å². The highest BCUT2D eigenvalue weighted by Crippen LogP contribution is 2.10. The summed E-state index contributed by atoms with van der Waals surface area (Å²) in [6.07, 6.45) is 3.36. The van der Waals surface area contributed by atoms with Crippen molar-refractivity contribution in [3.63, 3.8) is 0 Å². The monoisotopic (exact) mass is 432 g/mol. The molecule has 0 saturated heterocycles. The summed E-state index contributed by atoms with van der Waals surface area (Å²) < 4.78 is 3.38. The smallest absolute Gasteiger partial charge is 0.274 e. The molecule has 2 aromatic rings. The van der Waals surface area contributed by atoms with E-state index in [-0.39, 0.29) is 5.91 Å². The van der Waals surface area contributed by atoms with Crippen LogP contribution in [0.3, 0.4) is 0 Å². The second-order valence-corrected chi connectivity index (χ2v) is 5.83. The topological polar surface area (TPSA) is 59.3 Å². The van der Waals surface area contributed by atoms with Crippen molar-refractivity contribution < 1.29 is 4.79 Å². The number of aryl methyl sites for hydroxylation is 1. The van der Waals surface area contributed by atoms with Gasteiger partial charge < -0.3 is 0 Å². The fraction of sp³-hybridized carbons (Fsp3) is 0.0833. The molecule has 0 unspecified atom stereocenters. The zero-order valence-corrected chi connectivity index (χ0v) is 13.7. The van der Waals surface area contributed by atoms with Gasteiger partial charge in [0.05, 0.1) is 9.78 Å². The van der Waals surface area contributed by atoms with Gasteiger partial charge in [-0.3, -0.25) is 9.48 Å². The molecule has 19 heavy (non-hydrogen) atoms. The lowest BCUT2D eigenvalue weighted by Gasteiger charge is -1.97. The maximum absolute atomic E-state index is 11.8. The maximum Gasteiger partial charge on any atom is 0.292 e. The number of nitrogens with zero attached hydrogens (tertiary/aromatic N) is 3. The van der Waals surface area contributed by atoms with Gasteiger partial charge in [0.2, 0.25) is 0 Å². The van der Waals surface area contributed by atoms with Crippen LogP contribution in [0.2, 0.25) is 0 Å². The van der Waals surface area contributed by atoms with E-state index in [9.17, 15) is 4.79 Å². The summed E-state index contributed by atoms with van der Waals surface area (Å²) >= 11 is 5.41. The second-order valence-electron chi connectivity index (χ2n) is 3.75. The summed E-state index contributed by atoms with van der Waals surface area (Å²) in [5.74, 6) is -0.321. The SMILES string of the molecule is Cn1cc(I)c(C(=O)NN=Cc2ccc(Br)cc2)n1. The lowest BCUT2D eigenvalue weighted by molar-refractivity contribution is 0.0948. The number of benzene rings is 1. The first-order valence-corrected chi connectivity index (χ1v) is 7.21. The van der Waals surface area contributed by atoms with Crippen LogP contribution in [0.1, 0.15) is 16.1 Å². The number of aromatic nitrogens is 2. The summed E-state index contributed by atoms with van der Waals surface area (Å²) in [6.45, 7) is 0. The highest BCUT2D eigenvalue weighted by atomic mass is 127. The Morgan fingerprint density at radius 2 is 2.16 bits per heavy atom. The molecule has 0 aliphatic rings. The molecule has 7 heteroatoms. The van der Waals surface area contributed by atoms with E-state index in [0.29, 0.717) is 5.69 Å². The molecule has 1 aromatic heterocycles. The molecule has 5 nitrogen and oxygen atoms in total. The van der Waals surface area contributed by atoms with Crippen LogP contribution < -0.4 is 5.43 Å². The van der Waals surface area contributed by atoms with Crippen LogP contribution in [-0.4, -0.2) is 21.9 Å². The summed E-state index contributed by atoms with van der Waals surface area (Å²) in [6, 6.07) is 7.60. The predicted octanol–water partition coefficient (Wildman–Crippen LogP) is 2.55. The summed E-state index contributed by atoms with van der Waals surface area (Å²) in [5, 5.41) is 7.97. The van der Waals surface area contributed by atoms with Crippen molar-refractivity contribution >= 4 is 50.6 Å². The van der Waals surface area contributed by atoms with E-state index in [0.717, 1.165) is 13.6 Å². The minimum absolute atomic E-state index is 0.321. The normalized spacial score (nSPS) is 10.9. The van der Waals surface area contributed by atoms with Gasteiger partial charge in [-0.1, -0.05) is 28.1 Å². The zero-order valence-electron chi connectivity index (χ0n) is 9.97. The summed E-state index contributed by atoms with van der Waals surface area (Å²) in [4.78, 5) is 11.8. The molecule has 0 spiro atoms. The minimum atomic E-state index is -0.321. The second kappa shape index (κ2) is 6.29. The average Bonchev–Trinajstić information content (AvgIpc) is 2.71. The highest BCUT2D eigenvalue weighted by molar-refractivity contribution is 14.1. The van der Waals surface area contributed by atoms with Gasteiger partial charge in [0.1, 0.15) is 0 Å². The quantitative estimate of drug-likeness (QED) is 0.460.